The second-order valence-electron chi connectivity index (χ2n) is 4.73. The number of hydrogen-bond donors (Lipinski definition) is 0. The van der Waals surface area contributed by atoms with Gasteiger partial charge in [0.15, 0.2) is 0 Å². The Hall–Kier alpha value is -2.60. The van der Waals surface area contributed by atoms with Crippen molar-refractivity contribution in [2.75, 3.05) is 0 Å². The van der Waals surface area contributed by atoms with Crippen LogP contribution in [0.3, 0.4) is 0 Å². The number of aryl methyl sites for hydroxylation is 1. The number of nitro groups is 1. The van der Waals surface area contributed by atoms with Gasteiger partial charge in [-0.2, -0.15) is 0 Å². The van der Waals surface area contributed by atoms with E-state index in [2.05, 4.69) is 16.9 Å². The van der Waals surface area contributed by atoms with E-state index in [0.717, 1.165) is 28.2 Å². The zero-order valence-electron chi connectivity index (χ0n) is 11.9. The molecule has 110 valence electrons. The molecule has 0 atom stereocenters. The van der Waals surface area contributed by atoms with Crippen molar-refractivity contribution in [3.05, 3.63) is 63.8 Å². The van der Waals surface area contributed by atoms with Gasteiger partial charge in [0.25, 0.3) is 5.69 Å². The Bertz CT molecular complexity index is 830. The molecule has 0 bridgehead atoms. The Morgan fingerprint density at radius 1 is 1.32 bits per heavy atom. The van der Waals surface area contributed by atoms with Gasteiger partial charge in [0.05, 0.1) is 10.6 Å². The van der Waals surface area contributed by atoms with Crippen molar-refractivity contribution in [2.45, 2.75) is 13.3 Å². The molecule has 2 aromatic heterocycles. The van der Waals surface area contributed by atoms with E-state index in [4.69, 9.17) is 0 Å². The maximum absolute atomic E-state index is 10.9. The summed E-state index contributed by atoms with van der Waals surface area (Å²) in [6, 6.07) is 8.52. The molecule has 0 aliphatic heterocycles. The lowest BCUT2D eigenvalue weighted by Gasteiger charge is -2.02. The van der Waals surface area contributed by atoms with Gasteiger partial charge in [-0.25, -0.2) is 4.98 Å². The van der Waals surface area contributed by atoms with E-state index >= 15 is 0 Å². The van der Waals surface area contributed by atoms with Gasteiger partial charge in [0.2, 0.25) is 0 Å². The number of nitro benzene ring substituents is 1. The summed E-state index contributed by atoms with van der Waals surface area (Å²) < 4.78 is 0. The lowest BCUT2D eigenvalue weighted by Crippen LogP contribution is -1.89. The molecule has 0 fully saturated rings. The summed E-state index contributed by atoms with van der Waals surface area (Å²) >= 11 is 1.52. The Labute approximate surface area is 131 Å². The SMILES string of the molecule is CCc1ccncc1-c1nc(-c2cccc([N+](=O)[O-])c2)cs1. The molecule has 0 N–H and O–H groups in total. The fourth-order valence-electron chi connectivity index (χ4n) is 2.23. The average molecular weight is 311 g/mol. The first-order chi connectivity index (χ1) is 10.7. The van der Waals surface area contributed by atoms with E-state index in [9.17, 15) is 10.1 Å². The molecule has 0 saturated heterocycles. The minimum Gasteiger partial charge on any atom is -0.264 e. The molecule has 2 heterocycles. The average Bonchev–Trinajstić information content (AvgIpc) is 3.04. The lowest BCUT2D eigenvalue weighted by atomic mass is 10.1. The van der Waals surface area contributed by atoms with Crippen LogP contribution in [-0.2, 0) is 6.42 Å². The summed E-state index contributed by atoms with van der Waals surface area (Å²) in [5.74, 6) is 0. The van der Waals surface area contributed by atoms with Crippen LogP contribution in [0.1, 0.15) is 12.5 Å². The van der Waals surface area contributed by atoms with Crippen LogP contribution in [0.5, 0.6) is 0 Å². The van der Waals surface area contributed by atoms with Crippen molar-refractivity contribution in [3.63, 3.8) is 0 Å². The monoisotopic (exact) mass is 311 g/mol. The zero-order valence-corrected chi connectivity index (χ0v) is 12.7. The number of nitrogens with zero attached hydrogens (tertiary/aromatic N) is 3. The van der Waals surface area contributed by atoms with Crippen LogP contribution in [0, 0.1) is 10.1 Å². The van der Waals surface area contributed by atoms with Gasteiger partial charge in [-0.05, 0) is 18.1 Å². The maximum Gasteiger partial charge on any atom is 0.270 e. The number of benzene rings is 1. The molecule has 5 nitrogen and oxygen atoms in total. The van der Waals surface area contributed by atoms with E-state index in [0.29, 0.717) is 0 Å². The predicted octanol–water partition coefficient (Wildman–Crippen LogP) is 4.34. The topological polar surface area (TPSA) is 68.9 Å². The standard InChI is InChI=1S/C16H13N3O2S/c1-2-11-6-7-17-9-14(11)16-18-15(10-22-16)12-4-3-5-13(8-12)19(20)21/h3-10H,2H2,1H3. The maximum atomic E-state index is 10.9. The molecular formula is C16H13N3O2S. The van der Waals surface area contributed by atoms with Crippen molar-refractivity contribution < 1.29 is 4.92 Å². The largest absolute Gasteiger partial charge is 0.270 e. The fourth-order valence-corrected chi connectivity index (χ4v) is 3.11. The molecule has 0 radical (unpaired) electrons. The Kier molecular flexibility index (Phi) is 3.93. The normalized spacial score (nSPS) is 10.6. The predicted molar refractivity (Wildman–Crippen MR) is 86.8 cm³/mol. The van der Waals surface area contributed by atoms with Crippen molar-refractivity contribution in [3.8, 4) is 21.8 Å². The summed E-state index contributed by atoms with van der Waals surface area (Å²) in [4.78, 5) is 19.3. The zero-order chi connectivity index (χ0) is 15.5. The Morgan fingerprint density at radius 3 is 2.95 bits per heavy atom. The van der Waals surface area contributed by atoms with Crippen LogP contribution in [-0.4, -0.2) is 14.9 Å². The summed E-state index contributed by atoms with van der Waals surface area (Å²) in [5, 5.41) is 13.7. The van der Waals surface area contributed by atoms with Gasteiger partial charge in [0, 0.05) is 41.0 Å². The Morgan fingerprint density at radius 2 is 2.18 bits per heavy atom. The van der Waals surface area contributed by atoms with Crippen LogP contribution >= 0.6 is 11.3 Å². The molecular weight excluding hydrogens is 298 g/mol. The number of thiazole rings is 1. The Balaban J connectivity index is 2.01. The van der Waals surface area contributed by atoms with Gasteiger partial charge in [-0.3, -0.25) is 15.1 Å². The molecule has 3 aromatic rings. The molecule has 22 heavy (non-hydrogen) atoms. The summed E-state index contributed by atoms with van der Waals surface area (Å²) in [6.07, 6.45) is 4.50. The van der Waals surface area contributed by atoms with Crippen LogP contribution in [0.15, 0.2) is 48.1 Å². The van der Waals surface area contributed by atoms with Crippen LogP contribution in [0.2, 0.25) is 0 Å². The van der Waals surface area contributed by atoms with E-state index in [1.54, 1.807) is 18.3 Å². The summed E-state index contributed by atoms with van der Waals surface area (Å²) in [7, 11) is 0. The smallest absolute Gasteiger partial charge is 0.264 e. The van der Waals surface area contributed by atoms with Crippen molar-refractivity contribution in [2.24, 2.45) is 0 Å². The number of pyridine rings is 1. The second kappa shape index (κ2) is 6.03. The third-order valence-corrected chi connectivity index (χ3v) is 4.26. The van der Waals surface area contributed by atoms with Gasteiger partial charge in [-0.15, -0.1) is 11.3 Å². The molecule has 0 aliphatic carbocycles. The van der Waals surface area contributed by atoms with Crippen LogP contribution in [0.25, 0.3) is 21.8 Å². The third-order valence-electron chi connectivity index (χ3n) is 3.38. The minimum atomic E-state index is -0.396. The van der Waals surface area contributed by atoms with Gasteiger partial charge in [0.1, 0.15) is 5.01 Å². The first-order valence-electron chi connectivity index (χ1n) is 6.82. The highest BCUT2D eigenvalue weighted by molar-refractivity contribution is 7.13. The van der Waals surface area contributed by atoms with Gasteiger partial charge in [-0.1, -0.05) is 19.1 Å². The first-order valence-corrected chi connectivity index (χ1v) is 7.70. The minimum absolute atomic E-state index is 0.0719. The quantitative estimate of drug-likeness (QED) is 0.531. The molecule has 3 rings (SSSR count). The molecule has 0 spiro atoms. The highest BCUT2D eigenvalue weighted by Crippen LogP contribution is 2.31. The van der Waals surface area contributed by atoms with Crippen molar-refractivity contribution in [1.82, 2.24) is 9.97 Å². The van der Waals surface area contributed by atoms with E-state index in [-0.39, 0.29) is 5.69 Å². The van der Waals surface area contributed by atoms with E-state index in [1.165, 1.54) is 23.0 Å². The molecule has 0 aliphatic rings. The number of rotatable bonds is 4. The van der Waals surface area contributed by atoms with E-state index in [1.807, 2.05) is 23.7 Å². The van der Waals surface area contributed by atoms with Crippen molar-refractivity contribution >= 4 is 17.0 Å². The lowest BCUT2D eigenvalue weighted by molar-refractivity contribution is -0.384. The van der Waals surface area contributed by atoms with Crippen molar-refractivity contribution in [1.29, 1.82) is 0 Å². The fraction of sp³-hybridized carbons (Fsp3) is 0.125. The number of non-ortho nitro benzene ring substituents is 1. The summed E-state index contributed by atoms with van der Waals surface area (Å²) in [6.45, 7) is 2.09. The third kappa shape index (κ3) is 2.73. The molecule has 0 amide bonds. The number of aromatic nitrogens is 2. The highest BCUT2D eigenvalue weighted by Gasteiger charge is 2.12. The van der Waals surface area contributed by atoms with Gasteiger partial charge < -0.3 is 0 Å². The number of hydrogen-bond acceptors (Lipinski definition) is 5. The molecule has 0 unspecified atom stereocenters. The second-order valence-corrected chi connectivity index (χ2v) is 5.59. The van der Waals surface area contributed by atoms with E-state index < -0.39 is 4.92 Å². The van der Waals surface area contributed by atoms with Crippen LogP contribution < -0.4 is 0 Å². The highest BCUT2D eigenvalue weighted by atomic mass is 32.1. The molecule has 1 aromatic carbocycles. The van der Waals surface area contributed by atoms with Crippen LogP contribution in [0.4, 0.5) is 5.69 Å². The first kappa shape index (κ1) is 14.3. The molecule has 6 heteroatoms. The molecule has 0 saturated carbocycles. The van der Waals surface area contributed by atoms with Gasteiger partial charge >= 0.3 is 0 Å². The summed E-state index contributed by atoms with van der Waals surface area (Å²) in [5.41, 5.74) is 3.78.